The summed E-state index contributed by atoms with van der Waals surface area (Å²) in [7, 11) is 1.64. The van der Waals surface area contributed by atoms with Gasteiger partial charge in [0.1, 0.15) is 17.9 Å². The molecule has 0 saturated heterocycles. The van der Waals surface area contributed by atoms with E-state index in [2.05, 4.69) is 0 Å². The fraction of sp³-hybridized carbons (Fsp3) is 0.130. The number of halogens is 2. The van der Waals surface area contributed by atoms with Crippen molar-refractivity contribution in [3.63, 3.8) is 0 Å². The fourth-order valence-electron chi connectivity index (χ4n) is 3.32. The molecule has 4 aromatic rings. The first-order valence-electron chi connectivity index (χ1n) is 9.28. The molecule has 0 aliphatic carbocycles. The molecule has 0 aliphatic heterocycles. The summed E-state index contributed by atoms with van der Waals surface area (Å²) >= 11 is 11.8. The summed E-state index contributed by atoms with van der Waals surface area (Å²) in [6.07, 6.45) is 0. The van der Waals surface area contributed by atoms with Gasteiger partial charge >= 0.3 is 5.69 Å². The molecule has 4 rings (SSSR count). The summed E-state index contributed by atoms with van der Waals surface area (Å²) in [6.45, 7) is 0.451. The number of aromatic nitrogens is 2. The average Bonchev–Trinajstić information content (AvgIpc) is 2.76. The van der Waals surface area contributed by atoms with Gasteiger partial charge in [-0.25, -0.2) is 4.79 Å². The number of hydrogen-bond donors (Lipinski definition) is 0. The lowest BCUT2D eigenvalue weighted by molar-refractivity contribution is 0.308. The highest BCUT2D eigenvalue weighted by Crippen LogP contribution is 2.23. The van der Waals surface area contributed by atoms with Crippen molar-refractivity contribution in [1.82, 2.24) is 9.13 Å². The van der Waals surface area contributed by atoms with Crippen LogP contribution < -0.4 is 16.0 Å². The van der Waals surface area contributed by atoms with Crippen LogP contribution in [0, 0.1) is 0 Å². The van der Waals surface area contributed by atoms with Crippen molar-refractivity contribution >= 4 is 34.1 Å². The molecule has 0 amide bonds. The molecule has 0 spiro atoms. The number of fused-ring (bicyclic) bond motifs is 1. The highest BCUT2D eigenvalue weighted by molar-refractivity contribution is 6.30. The van der Waals surface area contributed by atoms with E-state index < -0.39 is 5.69 Å². The van der Waals surface area contributed by atoms with Crippen LogP contribution in [0.3, 0.4) is 0 Å². The summed E-state index contributed by atoms with van der Waals surface area (Å²) in [5.74, 6) is 0.470. The van der Waals surface area contributed by atoms with E-state index in [-0.39, 0.29) is 12.1 Å². The van der Waals surface area contributed by atoms with Crippen LogP contribution in [0.4, 0.5) is 0 Å². The van der Waals surface area contributed by atoms with Gasteiger partial charge in [-0.1, -0.05) is 53.5 Å². The van der Waals surface area contributed by atoms with Gasteiger partial charge < -0.3 is 4.74 Å². The predicted molar refractivity (Wildman–Crippen MR) is 120 cm³/mol. The minimum atomic E-state index is -0.412. The summed E-state index contributed by atoms with van der Waals surface area (Å²) in [5.41, 5.74) is 1.43. The predicted octanol–water partition coefficient (Wildman–Crippen LogP) is 4.63. The summed E-state index contributed by atoms with van der Waals surface area (Å²) in [5, 5.41) is 1.66. The fourth-order valence-corrected chi connectivity index (χ4v) is 3.57. The zero-order valence-corrected chi connectivity index (χ0v) is 17.7. The van der Waals surface area contributed by atoms with Gasteiger partial charge in [-0.2, -0.15) is 0 Å². The third-order valence-electron chi connectivity index (χ3n) is 4.89. The van der Waals surface area contributed by atoms with Gasteiger partial charge in [0.2, 0.25) is 0 Å². The van der Waals surface area contributed by atoms with Crippen LogP contribution in [-0.2, 0) is 20.2 Å². The number of aryl methyl sites for hydroxylation is 1. The Balaban J connectivity index is 1.74. The van der Waals surface area contributed by atoms with Gasteiger partial charge in [0.25, 0.3) is 5.56 Å². The highest BCUT2D eigenvalue weighted by atomic mass is 35.5. The van der Waals surface area contributed by atoms with Crippen molar-refractivity contribution in [2.45, 2.75) is 13.2 Å². The zero-order chi connectivity index (χ0) is 21.3. The molecule has 0 N–H and O–H groups in total. The first-order valence-corrected chi connectivity index (χ1v) is 10.0. The maximum Gasteiger partial charge on any atom is 0.331 e. The van der Waals surface area contributed by atoms with Crippen LogP contribution in [0.2, 0.25) is 10.0 Å². The van der Waals surface area contributed by atoms with Crippen LogP contribution in [-0.4, -0.2) is 9.13 Å². The summed E-state index contributed by atoms with van der Waals surface area (Å²) in [4.78, 5) is 26.1. The smallest absolute Gasteiger partial charge is 0.331 e. The Hall–Kier alpha value is -3.02. The van der Waals surface area contributed by atoms with Gasteiger partial charge in [0.05, 0.1) is 11.9 Å². The van der Waals surface area contributed by atoms with E-state index >= 15 is 0 Å². The van der Waals surface area contributed by atoms with E-state index in [1.807, 2.05) is 12.1 Å². The third-order valence-corrected chi connectivity index (χ3v) is 5.39. The van der Waals surface area contributed by atoms with Crippen LogP contribution in [0.25, 0.3) is 10.9 Å². The van der Waals surface area contributed by atoms with Gasteiger partial charge in [0, 0.05) is 17.1 Å². The molecule has 0 atom stereocenters. The number of benzene rings is 3. The lowest BCUT2D eigenvalue weighted by Gasteiger charge is -2.15. The van der Waals surface area contributed by atoms with Crippen molar-refractivity contribution in [1.29, 1.82) is 0 Å². The van der Waals surface area contributed by atoms with Crippen molar-refractivity contribution in [2.24, 2.45) is 7.05 Å². The average molecular weight is 441 g/mol. The quantitative estimate of drug-likeness (QED) is 0.454. The standard InChI is InChI=1S/C23H18Cl2N2O3/c1-26-21-19(3-2-4-20(21)30-14-16-7-11-18(25)12-8-16)22(28)27(23(26)29)13-15-5-9-17(24)10-6-15/h2-12H,13-14H2,1H3. The topological polar surface area (TPSA) is 53.2 Å². The van der Waals surface area contributed by atoms with E-state index in [1.54, 1.807) is 61.6 Å². The van der Waals surface area contributed by atoms with Crippen molar-refractivity contribution < 1.29 is 4.74 Å². The van der Waals surface area contributed by atoms with E-state index in [0.717, 1.165) is 11.1 Å². The number of ether oxygens (including phenoxy) is 1. The Morgan fingerprint density at radius 1 is 0.833 bits per heavy atom. The number of nitrogens with zero attached hydrogens (tertiary/aromatic N) is 2. The zero-order valence-electron chi connectivity index (χ0n) is 16.1. The Morgan fingerprint density at radius 2 is 1.43 bits per heavy atom. The molecule has 5 nitrogen and oxygen atoms in total. The van der Waals surface area contributed by atoms with E-state index in [1.165, 1.54) is 9.13 Å². The van der Waals surface area contributed by atoms with Crippen LogP contribution in [0.5, 0.6) is 5.75 Å². The van der Waals surface area contributed by atoms with Crippen molar-refractivity contribution in [2.75, 3.05) is 0 Å². The Kier molecular flexibility index (Phi) is 5.66. The number of rotatable bonds is 5. The van der Waals surface area contributed by atoms with Gasteiger partial charge in [-0.3, -0.25) is 13.9 Å². The molecule has 1 aromatic heterocycles. The lowest BCUT2D eigenvalue weighted by atomic mass is 10.2. The number of hydrogen-bond acceptors (Lipinski definition) is 3. The minimum absolute atomic E-state index is 0.161. The second kappa shape index (κ2) is 8.38. The minimum Gasteiger partial charge on any atom is -0.487 e. The van der Waals surface area contributed by atoms with Gasteiger partial charge in [-0.15, -0.1) is 0 Å². The number of para-hydroxylation sites is 1. The molecule has 0 aliphatic rings. The Labute approximate surface area is 182 Å². The van der Waals surface area contributed by atoms with E-state index in [0.29, 0.717) is 33.3 Å². The van der Waals surface area contributed by atoms with Crippen LogP contribution in [0.15, 0.2) is 76.3 Å². The second-order valence-electron chi connectivity index (χ2n) is 6.93. The SMILES string of the molecule is Cn1c(=O)n(Cc2ccc(Cl)cc2)c(=O)c2cccc(OCc3ccc(Cl)cc3)c21. The molecule has 0 radical (unpaired) electrons. The van der Waals surface area contributed by atoms with Gasteiger partial charge in [-0.05, 0) is 47.5 Å². The molecule has 7 heteroatoms. The van der Waals surface area contributed by atoms with Crippen molar-refractivity contribution in [3.8, 4) is 5.75 Å². The molecule has 152 valence electrons. The summed E-state index contributed by atoms with van der Waals surface area (Å²) < 4.78 is 8.61. The molecule has 30 heavy (non-hydrogen) atoms. The molecule has 0 bridgehead atoms. The molecular weight excluding hydrogens is 423 g/mol. The van der Waals surface area contributed by atoms with E-state index in [9.17, 15) is 9.59 Å². The van der Waals surface area contributed by atoms with Crippen LogP contribution >= 0.6 is 23.2 Å². The second-order valence-corrected chi connectivity index (χ2v) is 7.80. The molecule has 0 fully saturated rings. The molecular formula is C23H18Cl2N2O3. The monoisotopic (exact) mass is 440 g/mol. The maximum atomic E-state index is 13.1. The normalized spacial score (nSPS) is 11.0. The molecule has 0 saturated carbocycles. The maximum absolute atomic E-state index is 13.1. The van der Waals surface area contributed by atoms with Gasteiger partial charge in [0.15, 0.2) is 0 Å². The van der Waals surface area contributed by atoms with E-state index in [4.69, 9.17) is 27.9 Å². The summed E-state index contributed by atoms with van der Waals surface area (Å²) in [6, 6.07) is 19.6. The molecule has 3 aromatic carbocycles. The Morgan fingerprint density at radius 3 is 2.07 bits per heavy atom. The van der Waals surface area contributed by atoms with Crippen LogP contribution in [0.1, 0.15) is 11.1 Å². The first-order chi connectivity index (χ1) is 14.4. The lowest BCUT2D eigenvalue weighted by Crippen LogP contribution is -2.39. The Bertz CT molecular complexity index is 1320. The first kappa shape index (κ1) is 20.3. The van der Waals surface area contributed by atoms with Crippen molar-refractivity contribution in [3.05, 3.63) is 109 Å². The third kappa shape index (κ3) is 3.99. The largest absolute Gasteiger partial charge is 0.487 e. The highest BCUT2D eigenvalue weighted by Gasteiger charge is 2.15. The molecule has 0 unspecified atom stereocenters. The molecule has 1 heterocycles.